The van der Waals surface area contributed by atoms with Crippen molar-refractivity contribution in [1.82, 2.24) is 4.90 Å². The number of ether oxygens (including phenoxy) is 3. The second-order valence-electron chi connectivity index (χ2n) is 7.86. The number of hydrogen-bond acceptors (Lipinski definition) is 6. The van der Waals surface area contributed by atoms with Gasteiger partial charge in [-0.05, 0) is 50.1 Å². The number of piperidine rings is 1. The highest BCUT2D eigenvalue weighted by molar-refractivity contribution is 6.09. The van der Waals surface area contributed by atoms with Crippen molar-refractivity contribution in [2.24, 2.45) is 5.92 Å². The molecule has 2 aliphatic heterocycles. The number of benzene rings is 2. The molecule has 4 rings (SSSR count). The molecule has 0 saturated carbocycles. The molecule has 1 N–H and O–H groups in total. The second-order valence-corrected chi connectivity index (χ2v) is 7.86. The van der Waals surface area contributed by atoms with Gasteiger partial charge < -0.3 is 24.4 Å². The zero-order chi connectivity index (χ0) is 23.4. The van der Waals surface area contributed by atoms with Crippen molar-refractivity contribution in [3.8, 4) is 11.5 Å². The lowest BCUT2D eigenvalue weighted by Gasteiger charge is -2.32. The number of carbonyl (C=O) groups excluding carboxylic acids is 3. The number of likely N-dealkylation sites (tertiary alicyclic amines) is 1. The van der Waals surface area contributed by atoms with Crippen LogP contribution in [0.1, 0.15) is 35.7 Å². The highest BCUT2D eigenvalue weighted by atomic mass is 16.5. The largest absolute Gasteiger partial charge is 0.496 e. The van der Waals surface area contributed by atoms with Crippen LogP contribution in [0.25, 0.3) is 6.08 Å². The number of nitrogens with one attached hydrogen (secondary N) is 1. The SMILES string of the molecule is CCOC(=O)[C@@H]1CCCN(C(=O)c2ccc3c(c2)NC(=O)/C(=C/c2ccccc2OC)O3)C1. The maximum absolute atomic E-state index is 13.1. The van der Waals surface area contributed by atoms with Gasteiger partial charge in [-0.2, -0.15) is 0 Å². The first-order chi connectivity index (χ1) is 16.0. The van der Waals surface area contributed by atoms with Gasteiger partial charge in [0.15, 0.2) is 11.5 Å². The van der Waals surface area contributed by atoms with E-state index < -0.39 is 5.91 Å². The summed E-state index contributed by atoms with van der Waals surface area (Å²) in [4.78, 5) is 39.4. The van der Waals surface area contributed by atoms with Gasteiger partial charge in [0.2, 0.25) is 0 Å². The van der Waals surface area contributed by atoms with Crippen LogP contribution >= 0.6 is 0 Å². The van der Waals surface area contributed by atoms with Crippen molar-refractivity contribution >= 4 is 29.5 Å². The fourth-order valence-electron chi connectivity index (χ4n) is 4.02. The van der Waals surface area contributed by atoms with Crippen molar-refractivity contribution in [2.45, 2.75) is 19.8 Å². The van der Waals surface area contributed by atoms with Gasteiger partial charge in [-0.3, -0.25) is 14.4 Å². The first-order valence-corrected chi connectivity index (χ1v) is 10.9. The number of rotatable bonds is 5. The van der Waals surface area contributed by atoms with Crippen LogP contribution in [0.2, 0.25) is 0 Å². The lowest BCUT2D eigenvalue weighted by molar-refractivity contribution is -0.149. The number of para-hydroxylation sites is 1. The van der Waals surface area contributed by atoms with E-state index >= 15 is 0 Å². The average Bonchev–Trinajstić information content (AvgIpc) is 2.84. The summed E-state index contributed by atoms with van der Waals surface area (Å²) in [6.07, 6.45) is 3.05. The number of methoxy groups -OCH3 is 1. The molecule has 172 valence electrons. The minimum Gasteiger partial charge on any atom is -0.496 e. The number of nitrogens with zero attached hydrogens (tertiary/aromatic N) is 1. The molecule has 2 amide bonds. The standard InChI is InChI=1S/C25H26N2O6/c1-3-32-25(30)18-8-6-12-27(15-18)24(29)17-10-11-21-19(13-17)26-23(28)22(33-21)14-16-7-4-5-9-20(16)31-2/h4-5,7,9-11,13-14,18H,3,6,8,12,15H2,1-2H3,(H,26,28)/b22-14-/t18-/m1/s1. The summed E-state index contributed by atoms with van der Waals surface area (Å²) in [7, 11) is 1.56. The number of carbonyl (C=O) groups is 3. The quantitative estimate of drug-likeness (QED) is 0.554. The molecular formula is C25H26N2O6. The number of anilines is 1. The van der Waals surface area contributed by atoms with Gasteiger partial charge in [0.1, 0.15) is 5.75 Å². The minimum atomic E-state index is -0.418. The highest BCUT2D eigenvalue weighted by Gasteiger charge is 2.31. The molecule has 0 aromatic heterocycles. The molecule has 8 heteroatoms. The molecular weight excluding hydrogens is 424 g/mol. The van der Waals surface area contributed by atoms with Gasteiger partial charge in [-0.1, -0.05) is 18.2 Å². The summed E-state index contributed by atoms with van der Waals surface area (Å²) in [5, 5.41) is 2.79. The molecule has 0 aliphatic carbocycles. The van der Waals surface area contributed by atoms with Crippen molar-refractivity contribution in [1.29, 1.82) is 0 Å². The Bertz CT molecular complexity index is 1110. The lowest BCUT2D eigenvalue weighted by Crippen LogP contribution is -2.42. The summed E-state index contributed by atoms with van der Waals surface area (Å²) in [5.41, 5.74) is 1.54. The van der Waals surface area contributed by atoms with Gasteiger partial charge in [-0.25, -0.2) is 0 Å². The minimum absolute atomic E-state index is 0.124. The van der Waals surface area contributed by atoms with E-state index in [-0.39, 0.29) is 23.6 Å². The van der Waals surface area contributed by atoms with E-state index in [2.05, 4.69) is 5.32 Å². The van der Waals surface area contributed by atoms with Crippen LogP contribution < -0.4 is 14.8 Å². The summed E-state index contributed by atoms with van der Waals surface area (Å²) in [5.74, 6) is -0.0123. The Hall–Kier alpha value is -3.81. The molecule has 0 bridgehead atoms. The van der Waals surface area contributed by atoms with Crippen molar-refractivity contribution < 1.29 is 28.6 Å². The highest BCUT2D eigenvalue weighted by Crippen LogP contribution is 2.34. The van der Waals surface area contributed by atoms with Gasteiger partial charge in [-0.15, -0.1) is 0 Å². The molecule has 2 aliphatic rings. The molecule has 2 heterocycles. The van der Waals surface area contributed by atoms with Crippen molar-refractivity contribution in [3.05, 3.63) is 59.4 Å². The van der Waals surface area contributed by atoms with E-state index in [4.69, 9.17) is 14.2 Å². The van der Waals surface area contributed by atoms with Gasteiger partial charge in [0.25, 0.3) is 11.8 Å². The lowest BCUT2D eigenvalue weighted by atomic mass is 9.97. The van der Waals surface area contributed by atoms with Gasteiger partial charge in [0, 0.05) is 24.2 Å². The summed E-state index contributed by atoms with van der Waals surface area (Å²) in [6.45, 7) is 2.98. The van der Waals surface area contributed by atoms with Gasteiger partial charge >= 0.3 is 5.97 Å². The van der Waals surface area contributed by atoms with E-state index in [1.807, 2.05) is 18.2 Å². The van der Waals surface area contributed by atoms with E-state index in [0.717, 1.165) is 6.42 Å². The molecule has 1 atom stereocenters. The van der Waals surface area contributed by atoms with Crippen LogP contribution in [0.5, 0.6) is 11.5 Å². The average molecular weight is 450 g/mol. The molecule has 33 heavy (non-hydrogen) atoms. The topological polar surface area (TPSA) is 94.2 Å². The Morgan fingerprint density at radius 1 is 1.24 bits per heavy atom. The smallest absolute Gasteiger partial charge is 0.310 e. The van der Waals surface area contributed by atoms with E-state index in [9.17, 15) is 14.4 Å². The Morgan fingerprint density at radius 2 is 2.06 bits per heavy atom. The van der Waals surface area contributed by atoms with Crippen LogP contribution in [-0.4, -0.2) is 49.5 Å². The number of esters is 1. The fourth-order valence-corrected chi connectivity index (χ4v) is 4.02. The van der Waals surface area contributed by atoms with Crippen molar-refractivity contribution in [2.75, 3.05) is 32.1 Å². The van der Waals surface area contributed by atoms with Crippen LogP contribution in [0, 0.1) is 5.92 Å². The molecule has 0 unspecified atom stereocenters. The van der Waals surface area contributed by atoms with E-state index in [0.29, 0.717) is 54.4 Å². The Morgan fingerprint density at radius 3 is 2.85 bits per heavy atom. The fraction of sp³-hybridized carbons (Fsp3) is 0.320. The normalized spacial score (nSPS) is 18.7. The Kier molecular flexibility index (Phi) is 6.63. The zero-order valence-corrected chi connectivity index (χ0v) is 18.6. The predicted molar refractivity (Wildman–Crippen MR) is 122 cm³/mol. The third-order valence-corrected chi connectivity index (χ3v) is 5.67. The van der Waals surface area contributed by atoms with E-state index in [1.165, 1.54) is 0 Å². The van der Waals surface area contributed by atoms with E-state index in [1.54, 1.807) is 49.3 Å². The molecule has 0 radical (unpaired) electrons. The maximum Gasteiger partial charge on any atom is 0.310 e. The number of hydrogen-bond donors (Lipinski definition) is 1. The number of fused-ring (bicyclic) bond motifs is 1. The number of amides is 2. The second kappa shape index (κ2) is 9.77. The monoisotopic (exact) mass is 450 g/mol. The van der Waals surface area contributed by atoms with Crippen LogP contribution in [-0.2, 0) is 14.3 Å². The Labute approximate surface area is 192 Å². The summed E-state index contributed by atoms with van der Waals surface area (Å²) in [6, 6.07) is 12.2. The molecule has 2 aromatic rings. The third kappa shape index (κ3) is 4.84. The molecule has 1 fully saturated rings. The summed E-state index contributed by atoms with van der Waals surface area (Å²) < 4.78 is 16.2. The van der Waals surface area contributed by atoms with Crippen LogP contribution in [0.3, 0.4) is 0 Å². The molecule has 2 aromatic carbocycles. The molecule has 8 nitrogen and oxygen atoms in total. The van der Waals surface area contributed by atoms with Crippen molar-refractivity contribution in [3.63, 3.8) is 0 Å². The first kappa shape index (κ1) is 22.4. The Balaban J connectivity index is 1.51. The molecule has 0 spiro atoms. The maximum atomic E-state index is 13.1. The summed E-state index contributed by atoms with van der Waals surface area (Å²) >= 11 is 0. The van der Waals surface area contributed by atoms with Crippen LogP contribution in [0.4, 0.5) is 5.69 Å². The van der Waals surface area contributed by atoms with Crippen LogP contribution in [0.15, 0.2) is 48.2 Å². The third-order valence-electron chi connectivity index (χ3n) is 5.67. The zero-order valence-electron chi connectivity index (χ0n) is 18.6. The molecule has 1 saturated heterocycles. The first-order valence-electron chi connectivity index (χ1n) is 10.9. The van der Waals surface area contributed by atoms with Gasteiger partial charge in [0.05, 0.1) is 25.3 Å². The predicted octanol–water partition coefficient (Wildman–Crippen LogP) is 3.48.